The van der Waals surface area contributed by atoms with Crippen LogP contribution in [-0.4, -0.2) is 37.6 Å². The van der Waals surface area contributed by atoms with Crippen molar-refractivity contribution in [1.82, 2.24) is 10.3 Å². The van der Waals surface area contributed by atoms with E-state index < -0.39 is 0 Å². The number of anilines is 1. The number of hydrogen-bond acceptors (Lipinski definition) is 6. The second kappa shape index (κ2) is 11.0. The summed E-state index contributed by atoms with van der Waals surface area (Å²) in [5.41, 5.74) is 2.19. The molecule has 0 aliphatic heterocycles. The van der Waals surface area contributed by atoms with Crippen molar-refractivity contribution in [3.63, 3.8) is 0 Å². The number of carbonyl (C=O) groups is 2. The van der Waals surface area contributed by atoms with Crippen LogP contribution in [0.2, 0.25) is 0 Å². The Balaban J connectivity index is 1.47. The molecule has 1 aromatic heterocycles. The molecule has 0 saturated carbocycles. The number of carbonyl (C=O) groups excluding carboxylic acids is 2. The summed E-state index contributed by atoms with van der Waals surface area (Å²) in [7, 11) is 3.02. The Hall–Kier alpha value is -3.52. The lowest BCUT2D eigenvalue weighted by Gasteiger charge is -2.10. The molecule has 0 radical (unpaired) electrons. The van der Waals surface area contributed by atoms with Crippen LogP contribution >= 0.6 is 11.8 Å². The van der Waals surface area contributed by atoms with Crippen molar-refractivity contribution in [1.29, 1.82) is 0 Å². The van der Waals surface area contributed by atoms with Gasteiger partial charge in [0.1, 0.15) is 0 Å². The maximum Gasteiger partial charge on any atom is 0.251 e. The molecule has 0 unspecified atom stereocenters. The zero-order chi connectivity index (χ0) is 22.1. The van der Waals surface area contributed by atoms with Gasteiger partial charge in [-0.1, -0.05) is 6.07 Å². The number of aromatic nitrogens is 1. The first-order valence-electron chi connectivity index (χ1n) is 9.51. The average molecular weight is 438 g/mol. The van der Waals surface area contributed by atoms with Gasteiger partial charge in [-0.3, -0.25) is 14.6 Å². The molecule has 0 aliphatic rings. The molecule has 0 aliphatic carbocycles. The Morgan fingerprint density at radius 3 is 2.45 bits per heavy atom. The van der Waals surface area contributed by atoms with Crippen molar-refractivity contribution in [2.45, 2.75) is 10.6 Å². The highest BCUT2D eigenvalue weighted by Crippen LogP contribution is 2.27. The van der Waals surface area contributed by atoms with E-state index >= 15 is 0 Å². The molecule has 0 atom stereocenters. The fraction of sp³-hybridized carbons (Fsp3) is 0.174. The number of benzene rings is 2. The summed E-state index contributed by atoms with van der Waals surface area (Å²) in [6.45, 7) is -0.148. The number of methoxy groups -OCH3 is 2. The van der Waals surface area contributed by atoms with Gasteiger partial charge in [0, 0.05) is 34.3 Å². The van der Waals surface area contributed by atoms with Crippen molar-refractivity contribution in [2.24, 2.45) is 0 Å². The van der Waals surface area contributed by atoms with E-state index in [0.29, 0.717) is 22.7 Å². The van der Waals surface area contributed by atoms with Crippen LogP contribution in [0.15, 0.2) is 71.9 Å². The van der Waals surface area contributed by atoms with Crippen LogP contribution in [0.25, 0.3) is 0 Å². The van der Waals surface area contributed by atoms with Gasteiger partial charge >= 0.3 is 0 Å². The van der Waals surface area contributed by atoms with Gasteiger partial charge in [-0.2, -0.15) is 0 Å². The van der Waals surface area contributed by atoms with Gasteiger partial charge in [-0.05, 0) is 54.1 Å². The monoisotopic (exact) mass is 437 g/mol. The molecule has 0 saturated heterocycles. The van der Waals surface area contributed by atoms with E-state index in [2.05, 4.69) is 15.6 Å². The van der Waals surface area contributed by atoms with Crippen molar-refractivity contribution in [3.05, 3.63) is 78.1 Å². The van der Waals surface area contributed by atoms with Crippen LogP contribution in [0.1, 0.15) is 15.9 Å². The molecule has 0 bridgehead atoms. The second-order valence-corrected chi connectivity index (χ2v) is 7.52. The van der Waals surface area contributed by atoms with Gasteiger partial charge in [0.15, 0.2) is 11.5 Å². The smallest absolute Gasteiger partial charge is 0.251 e. The summed E-state index contributed by atoms with van der Waals surface area (Å²) in [6, 6.07) is 16.3. The van der Waals surface area contributed by atoms with Crippen LogP contribution in [0.5, 0.6) is 11.5 Å². The zero-order valence-corrected chi connectivity index (χ0v) is 18.1. The standard InChI is InChI=1S/C23H23N3O4S/c1-29-20-10-5-17(12-21(20)30-2)23(28)25-14-22(27)26-18-6-8-19(9-7-18)31-15-16-4-3-11-24-13-16/h3-13H,14-15H2,1-2H3,(H,25,28)(H,26,27). The molecule has 3 rings (SSSR count). The van der Waals surface area contributed by atoms with Gasteiger partial charge in [-0.15, -0.1) is 11.8 Å². The van der Waals surface area contributed by atoms with Crippen LogP contribution in [0, 0.1) is 0 Å². The topological polar surface area (TPSA) is 89.5 Å². The minimum atomic E-state index is -0.377. The maximum absolute atomic E-state index is 12.3. The summed E-state index contributed by atoms with van der Waals surface area (Å²) in [6.07, 6.45) is 3.60. The third-order valence-corrected chi connectivity index (χ3v) is 5.40. The van der Waals surface area contributed by atoms with E-state index in [1.54, 1.807) is 36.2 Å². The lowest BCUT2D eigenvalue weighted by molar-refractivity contribution is -0.115. The molecule has 160 valence electrons. The first-order chi connectivity index (χ1) is 15.1. The van der Waals surface area contributed by atoms with Gasteiger partial charge in [-0.25, -0.2) is 0 Å². The number of hydrogen-bond donors (Lipinski definition) is 2. The average Bonchev–Trinajstić information content (AvgIpc) is 2.82. The third kappa shape index (κ3) is 6.48. The van der Waals surface area contributed by atoms with E-state index in [1.165, 1.54) is 14.2 Å². The van der Waals surface area contributed by atoms with E-state index in [9.17, 15) is 9.59 Å². The fourth-order valence-corrected chi connectivity index (χ4v) is 3.56. The van der Waals surface area contributed by atoms with E-state index in [0.717, 1.165) is 16.2 Å². The van der Waals surface area contributed by atoms with Gasteiger partial charge < -0.3 is 20.1 Å². The quantitative estimate of drug-likeness (QED) is 0.496. The minimum absolute atomic E-state index is 0.148. The molecule has 0 spiro atoms. The molecule has 1 heterocycles. The molecule has 0 fully saturated rings. The number of nitrogens with one attached hydrogen (secondary N) is 2. The number of amides is 2. The predicted octanol–water partition coefficient (Wildman–Crippen LogP) is 3.76. The summed E-state index contributed by atoms with van der Waals surface area (Å²) in [5.74, 6) is 1.10. The molecule has 8 heteroatoms. The highest BCUT2D eigenvalue weighted by molar-refractivity contribution is 7.98. The first-order valence-corrected chi connectivity index (χ1v) is 10.5. The Labute approximate surface area is 185 Å². The van der Waals surface area contributed by atoms with Gasteiger partial charge in [0.25, 0.3) is 5.91 Å². The van der Waals surface area contributed by atoms with Crippen molar-refractivity contribution >= 4 is 29.3 Å². The molecule has 31 heavy (non-hydrogen) atoms. The Morgan fingerprint density at radius 2 is 1.77 bits per heavy atom. The Morgan fingerprint density at radius 1 is 1.00 bits per heavy atom. The van der Waals surface area contributed by atoms with E-state index in [1.807, 2.05) is 42.6 Å². The zero-order valence-electron chi connectivity index (χ0n) is 17.3. The summed E-state index contributed by atoms with van der Waals surface area (Å²) >= 11 is 1.69. The fourth-order valence-electron chi connectivity index (χ4n) is 2.73. The molecule has 2 aromatic carbocycles. The van der Waals surface area contributed by atoms with Crippen LogP contribution in [-0.2, 0) is 10.5 Å². The van der Waals surface area contributed by atoms with Crippen molar-refractivity contribution in [3.8, 4) is 11.5 Å². The number of nitrogens with zero attached hydrogens (tertiary/aromatic N) is 1. The number of rotatable bonds is 9. The van der Waals surface area contributed by atoms with Crippen molar-refractivity contribution < 1.29 is 19.1 Å². The minimum Gasteiger partial charge on any atom is -0.493 e. The number of thioether (sulfide) groups is 1. The van der Waals surface area contributed by atoms with E-state index in [4.69, 9.17) is 9.47 Å². The number of pyridine rings is 1. The molecular formula is C23H23N3O4S. The van der Waals surface area contributed by atoms with Gasteiger partial charge in [0.05, 0.1) is 20.8 Å². The van der Waals surface area contributed by atoms with Crippen LogP contribution in [0.4, 0.5) is 5.69 Å². The van der Waals surface area contributed by atoms with Crippen LogP contribution in [0.3, 0.4) is 0 Å². The van der Waals surface area contributed by atoms with Gasteiger partial charge in [0.2, 0.25) is 5.91 Å². The molecular weight excluding hydrogens is 414 g/mol. The largest absolute Gasteiger partial charge is 0.493 e. The highest BCUT2D eigenvalue weighted by Gasteiger charge is 2.12. The SMILES string of the molecule is COc1ccc(C(=O)NCC(=O)Nc2ccc(SCc3cccnc3)cc2)cc1OC. The number of ether oxygens (including phenoxy) is 2. The molecule has 3 aromatic rings. The second-order valence-electron chi connectivity index (χ2n) is 6.47. The third-order valence-electron chi connectivity index (χ3n) is 4.32. The van der Waals surface area contributed by atoms with E-state index in [-0.39, 0.29) is 18.4 Å². The lowest BCUT2D eigenvalue weighted by atomic mass is 10.2. The maximum atomic E-state index is 12.3. The molecule has 7 nitrogen and oxygen atoms in total. The summed E-state index contributed by atoms with van der Waals surface area (Å²) < 4.78 is 10.4. The predicted molar refractivity (Wildman–Crippen MR) is 121 cm³/mol. The highest BCUT2D eigenvalue weighted by atomic mass is 32.2. The summed E-state index contributed by atoms with van der Waals surface area (Å²) in [5, 5.41) is 5.37. The first kappa shape index (κ1) is 22.2. The Bertz CT molecular complexity index is 1030. The molecule has 2 amide bonds. The molecule has 2 N–H and O–H groups in total. The van der Waals surface area contributed by atoms with Crippen LogP contribution < -0.4 is 20.1 Å². The Kier molecular flexibility index (Phi) is 7.89. The normalized spacial score (nSPS) is 10.3. The summed E-state index contributed by atoms with van der Waals surface area (Å²) in [4.78, 5) is 29.7. The lowest BCUT2D eigenvalue weighted by Crippen LogP contribution is -2.32. The van der Waals surface area contributed by atoms with Crippen molar-refractivity contribution in [2.75, 3.05) is 26.1 Å².